The third-order valence-corrected chi connectivity index (χ3v) is 5.54. The normalized spacial score (nSPS) is 14.6. The Morgan fingerprint density at radius 3 is 2.75 bits per heavy atom. The van der Waals surface area contributed by atoms with Crippen LogP contribution in [0.2, 0.25) is 0 Å². The highest BCUT2D eigenvalue weighted by Crippen LogP contribution is 2.16. The lowest BCUT2D eigenvalue weighted by Gasteiger charge is -2.22. The molecule has 32 heavy (non-hydrogen) atoms. The molecule has 1 aliphatic heterocycles. The maximum absolute atomic E-state index is 12.5. The van der Waals surface area contributed by atoms with Gasteiger partial charge in [-0.3, -0.25) is 9.78 Å². The van der Waals surface area contributed by atoms with Crippen LogP contribution in [0, 0.1) is 0 Å². The molecule has 0 amide bonds. The molecule has 5 rings (SSSR count). The van der Waals surface area contributed by atoms with Crippen LogP contribution in [0.4, 0.5) is 5.95 Å². The molecule has 1 saturated heterocycles. The standard InChI is InChI=1S/C24H25N5O3/c30-23-21-15-26-29(19-7-2-1-3-8-19)22(21)27-24(28-23)25-14-17-5-4-6-18(13-17)16-32-20-9-11-31-12-10-20/h1-8,13,15,20H,9-12,14,16H2,(H2,25,27,28,30). The van der Waals surface area contributed by atoms with Crippen LogP contribution in [0.15, 0.2) is 65.6 Å². The number of ether oxygens (including phenoxy) is 2. The second-order valence-electron chi connectivity index (χ2n) is 7.84. The Morgan fingerprint density at radius 1 is 1.09 bits per heavy atom. The molecule has 1 fully saturated rings. The lowest BCUT2D eigenvalue weighted by molar-refractivity contribution is -0.0390. The minimum atomic E-state index is -0.224. The van der Waals surface area contributed by atoms with Crippen molar-refractivity contribution in [3.8, 4) is 5.69 Å². The van der Waals surface area contributed by atoms with Crippen molar-refractivity contribution < 1.29 is 9.47 Å². The summed E-state index contributed by atoms with van der Waals surface area (Å²) in [4.78, 5) is 19.9. The van der Waals surface area contributed by atoms with Crippen LogP contribution < -0.4 is 10.9 Å². The lowest BCUT2D eigenvalue weighted by atomic mass is 10.1. The van der Waals surface area contributed by atoms with E-state index in [-0.39, 0.29) is 11.7 Å². The van der Waals surface area contributed by atoms with Crippen LogP contribution in [0.1, 0.15) is 24.0 Å². The predicted molar refractivity (Wildman–Crippen MR) is 122 cm³/mol. The van der Waals surface area contributed by atoms with E-state index in [0.29, 0.717) is 30.1 Å². The van der Waals surface area contributed by atoms with Crippen LogP contribution in [0.25, 0.3) is 16.7 Å². The molecule has 8 nitrogen and oxygen atoms in total. The Kier molecular flexibility index (Phi) is 5.96. The first-order valence-electron chi connectivity index (χ1n) is 10.8. The zero-order valence-electron chi connectivity index (χ0n) is 17.7. The van der Waals surface area contributed by atoms with Gasteiger partial charge in [-0.25, -0.2) is 4.68 Å². The highest BCUT2D eigenvalue weighted by Gasteiger charge is 2.14. The highest BCUT2D eigenvalue weighted by atomic mass is 16.5. The molecule has 1 aliphatic rings. The molecule has 2 aromatic heterocycles. The molecule has 2 aromatic carbocycles. The molecule has 3 heterocycles. The molecular weight excluding hydrogens is 406 g/mol. The number of rotatable bonds is 7. The van der Waals surface area contributed by atoms with Gasteiger partial charge in [0.1, 0.15) is 5.39 Å². The summed E-state index contributed by atoms with van der Waals surface area (Å²) in [6.07, 6.45) is 3.70. The van der Waals surface area contributed by atoms with Crippen LogP contribution in [0.5, 0.6) is 0 Å². The Morgan fingerprint density at radius 2 is 1.91 bits per heavy atom. The van der Waals surface area contributed by atoms with Gasteiger partial charge < -0.3 is 14.8 Å². The number of H-pyrrole nitrogens is 1. The van der Waals surface area contributed by atoms with E-state index in [1.807, 2.05) is 42.5 Å². The number of benzene rings is 2. The van der Waals surface area contributed by atoms with Crippen molar-refractivity contribution in [1.29, 1.82) is 0 Å². The van der Waals surface area contributed by atoms with Gasteiger partial charge in [-0.05, 0) is 36.1 Å². The van der Waals surface area contributed by atoms with E-state index in [2.05, 4.69) is 32.5 Å². The van der Waals surface area contributed by atoms with Crippen molar-refractivity contribution in [2.45, 2.75) is 32.1 Å². The first-order chi connectivity index (χ1) is 15.8. The number of hydrogen-bond acceptors (Lipinski definition) is 6. The summed E-state index contributed by atoms with van der Waals surface area (Å²) in [5.74, 6) is 0.407. The van der Waals surface area contributed by atoms with Crippen LogP contribution >= 0.6 is 0 Å². The number of nitrogens with zero attached hydrogens (tertiary/aromatic N) is 3. The van der Waals surface area contributed by atoms with Gasteiger partial charge in [0.15, 0.2) is 5.65 Å². The van der Waals surface area contributed by atoms with Gasteiger partial charge in [0.05, 0.1) is 24.6 Å². The molecule has 0 unspecified atom stereocenters. The van der Waals surface area contributed by atoms with Gasteiger partial charge in [0, 0.05) is 19.8 Å². The molecular formula is C24H25N5O3. The fourth-order valence-corrected chi connectivity index (χ4v) is 3.83. The van der Waals surface area contributed by atoms with Gasteiger partial charge in [-0.1, -0.05) is 42.5 Å². The van der Waals surface area contributed by atoms with Crippen LogP contribution in [-0.2, 0) is 22.6 Å². The quantitative estimate of drug-likeness (QED) is 0.466. The topological polar surface area (TPSA) is 94.1 Å². The molecule has 0 bridgehead atoms. The second kappa shape index (κ2) is 9.33. The average Bonchev–Trinajstić information content (AvgIpc) is 3.28. The number of aromatic amines is 1. The SMILES string of the molecule is O=c1[nH]c(NCc2cccc(COC3CCOCC3)c2)nc2c1cnn2-c1ccccc1. The molecule has 4 aromatic rings. The van der Waals surface area contributed by atoms with Crippen molar-refractivity contribution in [2.24, 2.45) is 0 Å². The third-order valence-electron chi connectivity index (χ3n) is 5.54. The largest absolute Gasteiger partial charge is 0.381 e. The molecule has 0 atom stereocenters. The Balaban J connectivity index is 1.29. The van der Waals surface area contributed by atoms with E-state index < -0.39 is 0 Å². The molecule has 0 radical (unpaired) electrons. The molecule has 164 valence electrons. The molecule has 0 saturated carbocycles. The third kappa shape index (κ3) is 4.56. The number of nitrogens with one attached hydrogen (secondary N) is 2. The first kappa shape index (κ1) is 20.4. The number of para-hydroxylation sites is 1. The zero-order chi connectivity index (χ0) is 21.8. The summed E-state index contributed by atoms with van der Waals surface area (Å²) in [7, 11) is 0. The summed E-state index contributed by atoms with van der Waals surface area (Å²) in [6, 6.07) is 17.9. The van der Waals surface area contributed by atoms with E-state index in [0.717, 1.165) is 42.9 Å². The molecule has 8 heteroatoms. The monoisotopic (exact) mass is 431 g/mol. The van der Waals surface area contributed by atoms with Crippen molar-refractivity contribution in [3.63, 3.8) is 0 Å². The first-order valence-corrected chi connectivity index (χ1v) is 10.8. The summed E-state index contributed by atoms with van der Waals surface area (Å²) in [5.41, 5.74) is 3.34. The molecule has 0 spiro atoms. The van der Waals surface area contributed by atoms with Gasteiger partial charge in [0.25, 0.3) is 5.56 Å². The van der Waals surface area contributed by atoms with Gasteiger partial charge in [0.2, 0.25) is 5.95 Å². The predicted octanol–water partition coefficient (Wildman–Crippen LogP) is 3.42. The van der Waals surface area contributed by atoms with Crippen molar-refractivity contribution in [2.75, 3.05) is 18.5 Å². The van der Waals surface area contributed by atoms with Gasteiger partial charge in [-0.2, -0.15) is 10.1 Å². The Labute approximate surface area is 185 Å². The highest BCUT2D eigenvalue weighted by molar-refractivity contribution is 5.76. The molecule has 0 aliphatic carbocycles. The van der Waals surface area contributed by atoms with Gasteiger partial charge >= 0.3 is 0 Å². The lowest BCUT2D eigenvalue weighted by Crippen LogP contribution is -2.23. The summed E-state index contributed by atoms with van der Waals surface area (Å²) in [6.45, 7) is 2.65. The van der Waals surface area contributed by atoms with Crippen molar-refractivity contribution in [1.82, 2.24) is 19.7 Å². The van der Waals surface area contributed by atoms with Crippen LogP contribution in [0.3, 0.4) is 0 Å². The van der Waals surface area contributed by atoms with E-state index in [1.165, 1.54) is 0 Å². The van der Waals surface area contributed by atoms with Crippen molar-refractivity contribution >= 4 is 17.0 Å². The average molecular weight is 431 g/mol. The second-order valence-corrected chi connectivity index (χ2v) is 7.84. The van der Waals surface area contributed by atoms with E-state index in [4.69, 9.17) is 9.47 Å². The maximum Gasteiger partial charge on any atom is 0.263 e. The zero-order valence-corrected chi connectivity index (χ0v) is 17.7. The maximum atomic E-state index is 12.5. The Bertz CT molecular complexity index is 1250. The van der Waals surface area contributed by atoms with Gasteiger partial charge in [-0.15, -0.1) is 0 Å². The minimum absolute atomic E-state index is 0.224. The number of anilines is 1. The van der Waals surface area contributed by atoms with E-state index >= 15 is 0 Å². The van der Waals surface area contributed by atoms with Crippen molar-refractivity contribution in [3.05, 3.63) is 82.3 Å². The summed E-state index contributed by atoms with van der Waals surface area (Å²) >= 11 is 0. The fraction of sp³-hybridized carbons (Fsp3) is 0.292. The number of fused-ring (bicyclic) bond motifs is 1. The smallest absolute Gasteiger partial charge is 0.263 e. The van der Waals surface area contributed by atoms with Crippen LogP contribution in [-0.4, -0.2) is 39.1 Å². The number of hydrogen-bond donors (Lipinski definition) is 2. The van der Waals surface area contributed by atoms with E-state index in [9.17, 15) is 4.79 Å². The fourth-order valence-electron chi connectivity index (χ4n) is 3.83. The summed E-state index contributed by atoms with van der Waals surface area (Å²) in [5, 5.41) is 8.02. The van der Waals surface area contributed by atoms with E-state index in [1.54, 1.807) is 10.9 Å². The number of aromatic nitrogens is 4. The Hall–Kier alpha value is -3.49. The summed E-state index contributed by atoms with van der Waals surface area (Å²) < 4.78 is 13.1. The minimum Gasteiger partial charge on any atom is -0.381 e. The molecule has 2 N–H and O–H groups in total.